The van der Waals surface area contributed by atoms with Crippen LogP contribution in [0.1, 0.15) is 15.9 Å². The molecule has 0 aliphatic heterocycles. The highest BCUT2D eigenvalue weighted by Crippen LogP contribution is 2.40. The van der Waals surface area contributed by atoms with Gasteiger partial charge in [0, 0.05) is 12.1 Å². The number of nitrogens with one attached hydrogen (secondary N) is 2. The van der Waals surface area contributed by atoms with Crippen LogP contribution in [0.3, 0.4) is 0 Å². The summed E-state index contributed by atoms with van der Waals surface area (Å²) in [5.74, 6) is -2.36. The van der Waals surface area contributed by atoms with Gasteiger partial charge in [0.15, 0.2) is 11.5 Å². The number of carbonyl (C=O) groups excluding carboxylic acids is 2. The van der Waals surface area contributed by atoms with Crippen molar-refractivity contribution >= 4 is 40.7 Å². The van der Waals surface area contributed by atoms with Crippen molar-refractivity contribution in [2.24, 2.45) is 0 Å². The summed E-state index contributed by atoms with van der Waals surface area (Å²) in [5.41, 5.74) is 1.15. The number of para-hydroxylation sites is 1. The maximum atomic E-state index is 12.9. The van der Waals surface area contributed by atoms with Gasteiger partial charge in [-0.15, -0.1) is 0 Å². The zero-order valence-electron chi connectivity index (χ0n) is 15.6. The van der Waals surface area contributed by atoms with E-state index in [1.165, 1.54) is 0 Å². The molecule has 0 radical (unpaired) electrons. The lowest BCUT2D eigenvalue weighted by atomic mass is 10.0. The number of halogens is 2. The molecular formula is C22H18Cl2N2O4. The van der Waals surface area contributed by atoms with Crippen molar-refractivity contribution in [2.75, 3.05) is 5.32 Å². The van der Waals surface area contributed by atoms with E-state index in [0.717, 1.165) is 11.6 Å². The first kappa shape index (κ1) is 21.5. The van der Waals surface area contributed by atoms with Crippen LogP contribution in [0.15, 0.2) is 66.7 Å². The van der Waals surface area contributed by atoms with Crippen LogP contribution < -0.4 is 10.6 Å². The van der Waals surface area contributed by atoms with Crippen LogP contribution in [-0.2, 0) is 11.2 Å². The molecule has 0 saturated heterocycles. The van der Waals surface area contributed by atoms with Crippen LogP contribution in [0.2, 0.25) is 10.0 Å². The highest BCUT2D eigenvalue weighted by molar-refractivity contribution is 6.38. The Labute approximate surface area is 183 Å². The summed E-state index contributed by atoms with van der Waals surface area (Å²) >= 11 is 11.7. The average molecular weight is 445 g/mol. The molecule has 0 bridgehead atoms. The molecule has 0 aromatic heterocycles. The lowest BCUT2D eigenvalue weighted by Gasteiger charge is -2.19. The number of benzene rings is 3. The molecule has 0 aliphatic carbocycles. The molecular weight excluding hydrogens is 427 g/mol. The molecule has 30 heavy (non-hydrogen) atoms. The highest BCUT2D eigenvalue weighted by Gasteiger charge is 2.26. The third kappa shape index (κ3) is 5.03. The number of carbonyl (C=O) groups is 2. The third-order valence-corrected chi connectivity index (χ3v) is 5.00. The number of hydrogen-bond acceptors (Lipinski definition) is 4. The first-order valence-corrected chi connectivity index (χ1v) is 9.73. The molecule has 0 unspecified atom stereocenters. The number of amides is 2. The molecule has 0 spiro atoms. The number of anilines is 1. The summed E-state index contributed by atoms with van der Waals surface area (Å²) in [6.45, 7) is 0. The van der Waals surface area contributed by atoms with E-state index in [-0.39, 0.29) is 17.0 Å². The van der Waals surface area contributed by atoms with Crippen molar-refractivity contribution in [3.63, 3.8) is 0 Å². The lowest BCUT2D eigenvalue weighted by molar-refractivity contribution is -0.118. The number of rotatable bonds is 6. The van der Waals surface area contributed by atoms with Gasteiger partial charge in [-0.1, -0.05) is 71.7 Å². The molecule has 8 heteroatoms. The Kier molecular flexibility index (Phi) is 6.82. The Morgan fingerprint density at radius 1 is 0.900 bits per heavy atom. The summed E-state index contributed by atoms with van der Waals surface area (Å²) in [6, 6.07) is 18.1. The van der Waals surface area contributed by atoms with E-state index in [1.807, 2.05) is 36.4 Å². The fraction of sp³-hybridized carbons (Fsp3) is 0.0909. The van der Waals surface area contributed by atoms with Crippen molar-refractivity contribution < 1.29 is 19.8 Å². The normalized spacial score (nSPS) is 11.5. The Morgan fingerprint density at radius 2 is 1.50 bits per heavy atom. The van der Waals surface area contributed by atoms with Crippen LogP contribution in [0.5, 0.6) is 11.5 Å². The van der Waals surface area contributed by atoms with Gasteiger partial charge in [0.25, 0.3) is 5.91 Å². The van der Waals surface area contributed by atoms with Crippen molar-refractivity contribution in [2.45, 2.75) is 12.5 Å². The van der Waals surface area contributed by atoms with Gasteiger partial charge in [-0.05, 0) is 23.8 Å². The van der Waals surface area contributed by atoms with E-state index in [0.29, 0.717) is 5.69 Å². The predicted molar refractivity (Wildman–Crippen MR) is 116 cm³/mol. The third-order valence-electron chi connectivity index (χ3n) is 4.36. The summed E-state index contributed by atoms with van der Waals surface area (Å²) < 4.78 is 0. The SMILES string of the molecule is O=C(N[C@H](Cc1ccccc1)C(=O)Nc1ccccc1)c1cc(Cl)c(O)c(Cl)c1O. The lowest BCUT2D eigenvalue weighted by Crippen LogP contribution is -2.45. The molecule has 0 saturated carbocycles. The quantitative estimate of drug-likeness (QED) is 0.453. The second kappa shape index (κ2) is 9.52. The molecule has 1 atom stereocenters. The Balaban J connectivity index is 1.86. The molecule has 3 aromatic carbocycles. The van der Waals surface area contributed by atoms with Crippen LogP contribution in [0, 0.1) is 0 Å². The van der Waals surface area contributed by atoms with Crippen LogP contribution >= 0.6 is 23.2 Å². The van der Waals surface area contributed by atoms with Crippen LogP contribution in [0.4, 0.5) is 5.69 Å². The second-order valence-corrected chi connectivity index (χ2v) is 7.27. The highest BCUT2D eigenvalue weighted by atomic mass is 35.5. The first-order chi connectivity index (χ1) is 14.4. The van der Waals surface area contributed by atoms with E-state index in [9.17, 15) is 19.8 Å². The molecule has 3 rings (SSSR count). The summed E-state index contributed by atoms with van der Waals surface area (Å²) in [7, 11) is 0. The van der Waals surface area contributed by atoms with Crippen molar-refractivity contribution in [3.8, 4) is 11.5 Å². The zero-order valence-corrected chi connectivity index (χ0v) is 17.1. The van der Waals surface area contributed by atoms with Gasteiger partial charge in [0.2, 0.25) is 5.91 Å². The van der Waals surface area contributed by atoms with Crippen molar-refractivity contribution in [3.05, 3.63) is 87.9 Å². The summed E-state index contributed by atoms with van der Waals surface area (Å²) in [6.07, 6.45) is 0.214. The van der Waals surface area contributed by atoms with Gasteiger partial charge < -0.3 is 20.8 Å². The summed E-state index contributed by atoms with van der Waals surface area (Å²) in [5, 5.41) is 24.6. The Bertz CT molecular complexity index is 1060. The summed E-state index contributed by atoms with van der Waals surface area (Å²) in [4.78, 5) is 25.7. The van der Waals surface area contributed by atoms with Crippen LogP contribution in [0.25, 0.3) is 0 Å². The van der Waals surface area contributed by atoms with Gasteiger partial charge in [-0.25, -0.2) is 0 Å². The molecule has 3 aromatic rings. The van der Waals surface area contributed by atoms with E-state index < -0.39 is 34.4 Å². The minimum atomic E-state index is -0.953. The van der Waals surface area contributed by atoms with Gasteiger partial charge in [0.05, 0.1) is 10.6 Å². The minimum Gasteiger partial charge on any atom is -0.505 e. The van der Waals surface area contributed by atoms with E-state index in [1.54, 1.807) is 24.3 Å². The Morgan fingerprint density at radius 3 is 2.13 bits per heavy atom. The predicted octanol–water partition coefficient (Wildman–Crippen LogP) is 4.38. The zero-order chi connectivity index (χ0) is 21.7. The van der Waals surface area contributed by atoms with Gasteiger partial charge >= 0.3 is 0 Å². The van der Waals surface area contributed by atoms with Crippen molar-refractivity contribution in [1.29, 1.82) is 0 Å². The van der Waals surface area contributed by atoms with Gasteiger partial charge in [0.1, 0.15) is 11.1 Å². The van der Waals surface area contributed by atoms with Crippen LogP contribution in [-0.4, -0.2) is 28.1 Å². The number of aromatic hydroxyl groups is 2. The first-order valence-electron chi connectivity index (χ1n) is 8.97. The largest absolute Gasteiger partial charge is 0.505 e. The van der Waals surface area contributed by atoms with Gasteiger partial charge in [-0.2, -0.15) is 0 Å². The van der Waals surface area contributed by atoms with E-state index in [2.05, 4.69) is 10.6 Å². The molecule has 4 N–H and O–H groups in total. The molecule has 0 heterocycles. The number of hydrogen-bond donors (Lipinski definition) is 4. The maximum Gasteiger partial charge on any atom is 0.255 e. The molecule has 6 nitrogen and oxygen atoms in total. The topological polar surface area (TPSA) is 98.7 Å². The van der Waals surface area contributed by atoms with Gasteiger partial charge in [-0.3, -0.25) is 9.59 Å². The van der Waals surface area contributed by atoms with E-state index >= 15 is 0 Å². The fourth-order valence-corrected chi connectivity index (χ4v) is 3.27. The standard InChI is InChI=1S/C22H18Cl2N2O4/c23-16-12-15(19(27)18(24)20(16)28)21(29)26-17(11-13-7-3-1-4-8-13)22(30)25-14-9-5-2-6-10-14/h1-10,12,17,27-28H,11H2,(H,25,30)(H,26,29)/t17-/m1/s1. The monoisotopic (exact) mass is 444 g/mol. The van der Waals surface area contributed by atoms with Crippen molar-refractivity contribution in [1.82, 2.24) is 5.32 Å². The minimum absolute atomic E-state index is 0.198. The molecule has 2 amide bonds. The molecule has 154 valence electrons. The number of phenolic OH excluding ortho intramolecular Hbond substituents is 2. The maximum absolute atomic E-state index is 12.9. The molecule has 0 fully saturated rings. The molecule has 0 aliphatic rings. The average Bonchev–Trinajstić information content (AvgIpc) is 2.75. The van der Waals surface area contributed by atoms with E-state index in [4.69, 9.17) is 23.2 Å². The second-order valence-electron chi connectivity index (χ2n) is 6.49. The Hall–Kier alpha value is -3.22. The number of phenols is 2. The fourth-order valence-electron chi connectivity index (χ4n) is 2.82. The smallest absolute Gasteiger partial charge is 0.255 e.